The first-order valence-electron chi connectivity index (χ1n) is 8.08. The molecule has 1 aromatic carbocycles. The van der Waals surface area contributed by atoms with Gasteiger partial charge in [0.2, 0.25) is 5.91 Å². The summed E-state index contributed by atoms with van der Waals surface area (Å²) < 4.78 is 9.73. The van der Waals surface area contributed by atoms with Crippen molar-refractivity contribution >= 4 is 23.5 Å². The van der Waals surface area contributed by atoms with Gasteiger partial charge in [-0.25, -0.2) is 0 Å². The molecule has 1 saturated heterocycles. The van der Waals surface area contributed by atoms with Gasteiger partial charge in [0.05, 0.1) is 13.5 Å². The average Bonchev–Trinajstić information content (AvgIpc) is 2.62. The van der Waals surface area contributed by atoms with E-state index in [0.717, 1.165) is 0 Å². The highest BCUT2D eigenvalue weighted by molar-refractivity contribution is 5.99. The Balaban J connectivity index is 1.87. The summed E-state index contributed by atoms with van der Waals surface area (Å²) >= 11 is 0. The SMILES string of the molecule is COC(=O)CCNC(=O)c1ccc(NC(=O)C2(N)CCOCC2)cc1. The van der Waals surface area contributed by atoms with Gasteiger partial charge in [0.25, 0.3) is 5.91 Å². The van der Waals surface area contributed by atoms with Crippen molar-refractivity contribution in [2.75, 3.05) is 32.2 Å². The lowest BCUT2D eigenvalue weighted by Crippen LogP contribution is -2.54. The second-order valence-corrected chi connectivity index (χ2v) is 5.88. The number of ether oxygens (including phenoxy) is 2. The molecule has 0 unspecified atom stereocenters. The molecule has 1 aliphatic rings. The van der Waals surface area contributed by atoms with Gasteiger partial charge in [-0.05, 0) is 37.1 Å². The first-order valence-corrected chi connectivity index (χ1v) is 8.08. The summed E-state index contributed by atoms with van der Waals surface area (Å²) in [6.07, 6.45) is 1.05. The van der Waals surface area contributed by atoms with Crippen LogP contribution in [0, 0.1) is 0 Å². The quantitative estimate of drug-likeness (QED) is 0.641. The van der Waals surface area contributed by atoms with Crippen molar-refractivity contribution < 1.29 is 23.9 Å². The number of benzene rings is 1. The highest BCUT2D eigenvalue weighted by atomic mass is 16.5. The van der Waals surface area contributed by atoms with Crippen molar-refractivity contribution in [3.8, 4) is 0 Å². The Morgan fingerprint density at radius 3 is 2.44 bits per heavy atom. The first-order chi connectivity index (χ1) is 11.9. The third-order valence-corrected chi connectivity index (χ3v) is 4.08. The molecular weight excluding hydrogens is 326 g/mol. The van der Waals surface area contributed by atoms with Gasteiger partial charge < -0.3 is 25.8 Å². The first kappa shape index (κ1) is 18.9. The molecule has 0 aromatic heterocycles. The second-order valence-electron chi connectivity index (χ2n) is 5.88. The average molecular weight is 349 g/mol. The Labute approximate surface area is 146 Å². The summed E-state index contributed by atoms with van der Waals surface area (Å²) in [7, 11) is 1.29. The number of esters is 1. The molecular formula is C17H23N3O5. The monoisotopic (exact) mass is 349 g/mol. The van der Waals surface area contributed by atoms with E-state index in [9.17, 15) is 14.4 Å². The third-order valence-electron chi connectivity index (χ3n) is 4.08. The van der Waals surface area contributed by atoms with Gasteiger partial charge >= 0.3 is 5.97 Å². The van der Waals surface area contributed by atoms with Crippen LogP contribution in [0.2, 0.25) is 0 Å². The molecule has 8 nitrogen and oxygen atoms in total. The number of hydrogen-bond acceptors (Lipinski definition) is 6. The third kappa shape index (κ3) is 5.27. The number of methoxy groups -OCH3 is 1. The Kier molecular flexibility index (Phi) is 6.49. The molecule has 2 rings (SSSR count). The smallest absolute Gasteiger partial charge is 0.307 e. The van der Waals surface area contributed by atoms with Crippen LogP contribution in [0.1, 0.15) is 29.6 Å². The Morgan fingerprint density at radius 1 is 1.20 bits per heavy atom. The fourth-order valence-corrected chi connectivity index (χ4v) is 2.41. The topological polar surface area (TPSA) is 120 Å². The minimum absolute atomic E-state index is 0.110. The predicted octanol–water partition coefficient (Wildman–Crippen LogP) is 0.426. The van der Waals surface area contributed by atoms with Crippen LogP contribution in [0.3, 0.4) is 0 Å². The number of hydrogen-bond donors (Lipinski definition) is 3. The summed E-state index contributed by atoms with van der Waals surface area (Å²) in [5.41, 5.74) is 6.19. The summed E-state index contributed by atoms with van der Waals surface area (Å²) in [4.78, 5) is 35.3. The van der Waals surface area contributed by atoms with Gasteiger partial charge in [-0.1, -0.05) is 0 Å². The molecule has 136 valence electrons. The highest BCUT2D eigenvalue weighted by Gasteiger charge is 2.35. The molecule has 0 saturated carbocycles. The summed E-state index contributed by atoms with van der Waals surface area (Å²) in [6, 6.07) is 6.46. The predicted molar refractivity (Wildman–Crippen MR) is 91.0 cm³/mol. The van der Waals surface area contributed by atoms with E-state index in [2.05, 4.69) is 15.4 Å². The molecule has 0 spiro atoms. The fraction of sp³-hybridized carbons (Fsp3) is 0.471. The van der Waals surface area contributed by atoms with E-state index >= 15 is 0 Å². The van der Waals surface area contributed by atoms with Gasteiger partial charge in [-0.2, -0.15) is 0 Å². The van der Waals surface area contributed by atoms with E-state index in [0.29, 0.717) is 37.3 Å². The molecule has 1 heterocycles. The van der Waals surface area contributed by atoms with Crippen molar-refractivity contribution in [3.05, 3.63) is 29.8 Å². The largest absolute Gasteiger partial charge is 0.469 e. The van der Waals surface area contributed by atoms with Gasteiger partial charge in [-0.3, -0.25) is 14.4 Å². The van der Waals surface area contributed by atoms with Crippen LogP contribution in [0.5, 0.6) is 0 Å². The Hall–Kier alpha value is -2.45. The van der Waals surface area contributed by atoms with Crippen molar-refractivity contribution in [1.82, 2.24) is 5.32 Å². The molecule has 0 atom stereocenters. The summed E-state index contributed by atoms with van der Waals surface area (Å²) in [5, 5.41) is 5.39. The molecule has 8 heteroatoms. The number of amides is 2. The van der Waals surface area contributed by atoms with Crippen LogP contribution in [-0.2, 0) is 19.1 Å². The number of carbonyl (C=O) groups excluding carboxylic acids is 3. The van der Waals surface area contributed by atoms with Crippen molar-refractivity contribution in [3.63, 3.8) is 0 Å². The zero-order valence-corrected chi connectivity index (χ0v) is 14.2. The minimum atomic E-state index is -0.928. The standard InChI is InChI=1S/C17H23N3O5/c1-24-14(21)6-9-19-15(22)12-2-4-13(5-3-12)20-16(23)17(18)7-10-25-11-8-17/h2-5H,6-11,18H2,1H3,(H,19,22)(H,20,23). The maximum atomic E-state index is 12.3. The van der Waals surface area contributed by atoms with Crippen LogP contribution in [0.25, 0.3) is 0 Å². The number of anilines is 1. The molecule has 1 aliphatic heterocycles. The van der Waals surface area contributed by atoms with E-state index in [1.165, 1.54) is 7.11 Å². The Morgan fingerprint density at radius 2 is 1.84 bits per heavy atom. The van der Waals surface area contributed by atoms with Gasteiger partial charge in [0.1, 0.15) is 5.54 Å². The molecule has 1 fully saturated rings. The summed E-state index contributed by atoms with van der Waals surface area (Å²) in [5.74, 6) is -0.949. The molecule has 25 heavy (non-hydrogen) atoms. The number of rotatable bonds is 6. The number of carbonyl (C=O) groups is 3. The minimum Gasteiger partial charge on any atom is -0.469 e. The molecule has 0 aliphatic carbocycles. The number of nitrogens with one attached hydrogen (secondary N) is 2. The lowest BCUT2D eigenvalue weighted by atomic mass is 9.90. The molecule has 2 amide bonds. The van der Waals surface area contributed by atoms with Crippen LogP contribution >= 0.6 is 0 Å². The fourth-order valence-electron chi connectivity index (χ4n) is 2.41. The van der Waals surface area contributed by atoms with Gasteiger partial charge in [0.15, 0.2) is 0 Å². The van der Waals surface area contributed by atoms with E-state index in [-0.39, 0.29) is 30.7 Å². The van der Waals surface area contributed by atoms with Crippen LogP contribution in [0.4, 0.5) is 5.69 Å². The molecule has 4 N–H and O–H groups in total. The van der Waals surface area contributed by atoms with Crippen LogP contribution in [0.15, 0.2) is 24.3 Å². The summed E-state index contributed by atoms with van der Waals surface area (Å²) in [6.45, 7) is 1.13. The zero-order chi connectivity index (χ0) is 18.3. The van der Waals surface area contributed by atoms with E-state index < -0.39 is 5.54 Å². The van der Waals surface area contributed by atoms with E-state index in [1.807, 2.05) is 0 Å². The number of nitrogens with two attached hydrogens (primary N) is 1. The highest BCUT2D eigenvalue weighted by Crippen LogP contribution is 2.20. The molecule has 1 aromatic rings. The second kappa shape index (κ2) is 8.59. The van der Waals surface area contributed by atoms with Crippen molar-refractivity contribution in [1.29, 1.82) is 0 Å². The maximum absolute atomic E-state index is 12.3. The Bertz CT molecular complexity index is 624. The normalized spacial score (nSPS) is 15.9. The van der Waals surface area contributed by atoms with E-state index in [4.69, 9.17) is 10.5 Å². The lowest BCUT2D eigenvalue weighted by Gasteiger charge is -2.31. The lowest BCUT2D eigenvalue weighted by molar-refractivity contribution is -0.140. The van der Waals surface area contributed by atoms with Crippen molar-refractivity contribution in [2.45, 2.75) is 24.8 Å². The van der Waals surface area contributed by atoms with Crippen LogP contribution < -0.4 is 16.4 Å². The molecule has 0 bridgehead atoms. The van der Waals surface area contributed by atoms with E-state index in [1.54, 1.807) is 24.3 Å². The van der Waals surface area contributed by atoms with Crippen LogP contribution in [-0.4, -0.2) is 50.2 Å². The van der Waals surface area contributed by atoms with Crippen molar-refractivity contribution in [2.24, 2.45) is 5.73 Å². The van der Waals surface area contributed by atoms with Gasteiger partial charge in [0, 0.05) is 31.0 Å². The zero-order valence-electron chi connectivity index (χ0n) is 14.2. The van der Waals surface area contributed by atoms with Gasteiger partial charge in [-0.15, -0.1) is 0 Å². The molecule has 0 radical (unpaired) electrons. The maximum Gasteiger partial charge on any atom is 0.307 e.